The van der Waals surface area contributed by atoms with Crippen molar-refractivity contribution in [3.8, 4) is 22.6 Å². The van der Waals surface area contributed by atoms with E-state index in [1.807, 2.05) is 36.4 Å². The van der Waals surface area contributed by atoms with Gasteiger partial charge in [0.25, 0.3) is 0 Å². The van der Waals surface area contributed by atoms with Crippen molar-refractivity contribution in [2.75, 3.05) is 7.11 Å². The molecule has 3 aromatic rings. The summed E-state index contributed by atoms with van der Waals surface area (Å²) in [6.07, 6.45) is 1.76. The summed E-state index contributed by atoms with van der Waals surface area (Å²) >= 11 is 0. The maximum absolute atomic E-state index is 10.1. The topological polar surface area (TPSA) is 42.4 Å². The molecule has 0 saturated heterocycles. The maximum Gasteiger partial charge on any atom is 0.123 e. The van der Waals surface area contributed by atoms with Crippen LogP contribution in [-0.4, -0.2) is 17.2 Å². The van der Waals surface area contributed by atoms with Gasteiger partial charge in [0.15, 0.2) is 0 Å². The van der Waals surface area contributed by atoms with Gasteiger partial charge in [-0.25, -0.2) is 0 Å². The summed E-state index contributed by atoms with van der Waals surface area (Å²) in [5.41, 5.74) is 2.60. The molecule has 0 fully saturated rings. The first kappa shape index (κ1) is 11.5. The highest BCUT2D eigenvalue weighted by atomic mass is 16.5. The van der Waals surface area contributed by atoms with E-state index in [-0.39, 0.29) is 5.75 Å². The molecule has 1 heterocycles. The summed E-state index contributed by atoms with van der Waals surface area (Å²) < 4.78 is 5.22. The molecule has 0 aliphatic carbocycles. The van der Waals surface area contributed by atoms with Crippen molar-refractivity contribution < 1.29 is 9.84 Å². The fourth-order valence-corrected chi connectivity index (χ4v) is 2.20. The van der Waals surface area contributed by atoms with Gasteiger partial charge in [-0.1, -0.05) is 18.2 Å². The zero-order valence-electron chi connectivity index (χ0n) is 10.5. The van der Waals surface area contributed by atoms with E-state index >= 15 is 0 Å². The van der Waals surface area contributed by atoms with Gasteiger partial charge in [-0.05, 0) is 35.9 Å². The average Bonchev–Trinajstić information content (AvgIpc) is 2.47. The Morgan fingerprint density at radius 1 is 1.00 bits per heavy atom. The second-order valence-electron chi connectivity index (χ2n) is 4.26. The van der Waals surface area contributed by atoms with Crippen LogP contribution in [-0.2, 0) is 0 Å². The van der Waals surface area contributed by atoms with Crippen LogP contribution in [0.15, 0.2) is 54.7 Å². The van der Waals surface area contributed by atoms with E-state index in [0.717, 1.165) is 22.0 Å². The number of aromatic nitrogens is 1. The predicted octanol–water partition coefficient (Wildman–Crippen LogP) is 3.62. The highest BCUT2D eigenvalue weighted by Gasteiger charge is 2.09. The van der Waals surface area contributed by atoms with Crippen molar-refractivity contribution in [2.45, 2.75) is 0 Å². The third kappa shape index (κ3) is 1.99. The smallest absolute Gasteiger partial charge is 0.123 e. The van der Waals surface area contributed by atoms with Gasteiger partial charge in [0, 0.05) is 17.1 Å². The maximum atomic E-state index is 10.1. The van der Waals surface area contributed by atoms with Crippen LogP contribution in [0.5, 0.6) is 11.5 Å². The molecule has 3 rings (SSSR count). The van der Waals surface area contributed by atoms with Crippen molar-refractivity contribution in [3.05, 3.63) is 54.7 Å². The van der Waals surface area contributed by atoms with Crippen LogP contribution >= 0.6 is 0 Å². The standard InChI is InChI=1S/C16H13NO2/c1-19-11-7-8-16(18)14(10-11)12-4-2-6-15-13(12)5-3-9-17-15/h2-10,18H,1H3. The molecule has 0 atom stereocenters. The number of ether oxygens (including phenoxy) is 1. The van der Waals surface area contributed by atoms with E-state index in [4.69, 9.17) is 4.74 Å². The van der Waals surface area contributed by atoms with Gasteiger partial charge >= 0.3 is 0 Å². The fourth-order valence-electron chi connectivity index (χ4n) is 2.20. The monoisotopic (exact) mass is 251 g/mol. The summed E-state index contributed by atoms with van der Waals surface area (Å²) in [5, 5.41) is 11.1. The Labute approximate surface area is 111 Å². The van der Waals surface area contributed by atoms with E-state index < -0.39 is 0 Å². The molecule has 0 aliphatic rings. The zero-order chi connectivity index (χ0) is 13.2. The Morgan fingerprint density at radius 3 is 2.74 bits per heavy atom. The number of fused-ring (bicyclic) bond motifs is 1. The predicted molar refractivity (Wildman–Crippen MR) is 75.4 cm³/mol. The molecule has 0 spiro atoms. The highest BCUT2D eigenvalue weighted by molar-refractivity contribution is 5.96. The van der Waals surface area contributed by atoms with Gasteiger partial charge in [0.2, 0.25) is 0 Å². The minimum atomic E-state index is 0.233. The number of hydrogen-bond acceptors (Lipinski definition) is 3. The third-order valence-electron chi connectivity index (χ3n) is 3.14. The van der Waals surface area contributed by atoms with Crippen molar-refractivity contribution >= 4 is 10.9 Å². The number of pyridine rings is 1. The van der Waals surface area contributed by atoms with Crippen LogP contribution < -0.4 is 4.74 Å². The summed E-state index contributed by atoms with van der Waals surface area (Å²) in [4.78, 5) is 4.33. The summed E-state index contributed by atoms with van der Waals surface area (Å²) in [6.45, 7) is 0. The second-order valence-corrected chi connectivity index (χ2v) is 4.26. The minimum Gasteiger partial charge on any atom is -0.507 e. The number of rotatable bonds is 2. The van der Waals surface area contributed by atoms with Crippen LogP contribution in [0.2, 0.25) is 0 Å². The number of aromatic hydroxyl groups is 1. The largest absolute Gasteiger partial charge is 0.507 e. The molecule has 94 valence electrons. The summed E-state index contributed by atoms with van der Waals surface area (Å²) in [6, 6.07) is 15.0. The molecule has 0 bridgehead atoms. The molecule has 1 N–H and O–H groups in total. The zero-order valence-corrected chi connectivity index (χ0v) is 10.5. The number of phenolic OH excluding ortho intramolecular Hbond substituents is 1. The number of phenols is 1. The van der Waals surface area contributed by atoms with Crippen molar-refractivity contribution in [3.63, 3.8) is 0 Å². The minimum absolute atomic E-state index is 0.233. The van der Waals surface area contributed by atoms with Crippen molar-refractivity contribution in [2.24, 2.45) is 0 Å². The van der Waals surface area contributed by atoms with Crippen LogP contribution in [0, 0.1) is 0 Å². The van der Waals surface area contributed by atoms with Crippen molar-refractivity contribution in [1.82, 2.24) is 4.98 Å². The lowest BCUT2D eigenvalue weighted by Gasteiger charge is -2.10. The molecule has 0 unspecified atom stereocenters. The fraction of sp³-hybridized carbons (Fsp3) is 0.0625. The summed E-state index contributed by atoms with van der Waals surface area (Å²) in [5.74, 6) is 0.950. The second kappa shape index (κ2) is 4.61. The molecule has 19 heavy (non-hydrogen) atoms. The van der Waals surface area contributed by atoms with Gasteiger partial charge in [0.05, 0.1) is 12.6 Å². The van der Waals surface area contributed by atoms with Gasteiger partial charge in [-0.3, -0.25) is 4.98 Å². The Balaban J connectivity index is 2.30. The summed E-state index contributed by atoms with van der Waals surface area (Å²) in [7, 11) is 1.61. The Hall–Kier alpha value is -2.55. The van der Waals surface area contributed by atoms with E-state index in [0.29, 0.717) is 5.75 Å². The quantitative estimate of drug-likeness (QED) is 0.756. The Bertz CT molecular complexity index is 732. The highest BCUT2D eigenvalue weighted by Crippen LogP contribution is 2.36. The lowest BCUT2D eigenvalue weighted by atomic mass is 9.99. The molecular formula is C16H13NO2. The van der Waals surface area contributed by atoms with E-state index in [2.05, 4.69) is 4.98 Å². The lowest BCUT2D eigenvalue weighted by molar-refractivity contribution is 0.412. The normalized spacial score (nSPS) is 10.6. The first-order valence-corrected chi connectivity index (χ1v) is 6.01. The number of nitrogens with zero attached hydrogens (tertiary/aromatic N) is 1. The average molecular weight is 251 g/mol. The number of methoxy groups -OCH3 is 1. The lowest BCUT2D eigenvalue weighted by Crippen LogP contribution is -1.87. The van der Waals surface area contributed by atoms with E-state index in [9.17, 15) is 5.11 Å². The SMILES string of the molecule is COc1ccc(O)c(-c2cccc3ncccc23)c1. The number of hydrogen-bond donors (Lipinski definition) is 1. The van der Waals surface area contributed by atoms with Crippen LogP contribution in [0.1, 0.15) is 0 Å². The van der Waals surface area contributed by atoms with Crippen molar-refractivity contribution in [1.29, 1.82) is 0 Å². The first-order valence-electron chi connectivity index (χ1n) is 6.01. The Morgan fingerprint density at radius 2 is 1.89 bits per heavy atom. The third-order valence-corrected chi connectivity index (χ3v) is 3.14. The van der Waals surface area contributed by atoms with Crippen LogP contribution in [0.4, 0.5) is 0 Å². The Kier molecular flexibility index (Phi) is 2.80. The molecule has 0 radical (unpaired) electrons. The first-order chi connectivity index (χ1) is 9.29. The van der Waals surface area contributed by atoms with Gasteiger partial charge in [-0.15, -0.1) is 0 Å². The molecule has 3 nitrogen and oxygen atoms in total. The van der Waals surface area contributed by atoms with Gasteiger partial charge in [0.1, 0.15) is 11.5 Å². The molecule has 0 aliphatic heterocycles. The van der Waals surface area contributed by atoms with Gasteiger partial charge in [-0.2, -0.15) is 0 Å². The number of benzene rings is 2. The molecule has 0 amide bonds. The molecule has 3 heteroatoms. The molecule has 2 aromatic carbocycles. The molecule has 1 aromatic heterocycles. The van der Waals surface area contributed by atoms with Gasteiger partial charge < -0.3 is 9.84 Å². The van der Waals surface area contributed by atoms with Crippen LogP contribution in [0.25, 0.3) is 22.0 Å². The van der Waals surface area contributed by atoms with E-state index in [1.165, 1.54) is 0 Å². The molecular weight excluding hydrogens is 238 g/mol. The van der Waals surface area contributed by atoms with E-state index in [1.54, 1.807) is 25.4 Å². The molecule has 0 saturated carbocycles. The van der Waals surface area contributed by atoms with Crippen LogP contribution in [0.3, 0.4) is 0 Å².